The van der Waals surface area contributed by atoms with Crippen molar-refractivity contribution in [3.63, 3.8) is 0 Å². The summed E-state index contributed by atoms with van der Waals surface area (Å²) in [7, 11) is 0. The van der Waals surface area contributed by atoms with Crippen molar-refractivity contribution in [3.8, 4) is 5.75 Å². The van der Waals surface area contributed by atoms with Gasteiger partial charge in [0.2, 0.25) is 0 Å². The second-order valence-corrected chi connectivity index (χ2v) is 10.1. The lowest BCUT2D eigenvalue weighted by molar-refractivity contribution is -0.132. The molecule has 0 spiro atoms. The quantitative estimate of drug-likeness (QED) is 0.182. The van der Waals surface area contributed by atoms with E-state index >= 15 is 0 Å². The number of carbonyl (C=O) groups excluding carboxylic acids is 2. The van der Waals surface area contributed by atoms with Gasteiger partial charge in [0.25, 0.3) is 5.78 Å². The number of Topliss-reactive ketones (excluding diaryl/α,β-unsaturated/α-hetero) is 1. The van der Waals surface area contributed by atoms with E-state index < -0.39 is 23.5 Å². The van der Waals surface area contributed by atoms with Crippen molar-refractivity contribution >= 4 is 44.1 Å². The zero-order valence-corrected chi connectivity index (χ0v) is 21.4. The normalized spacial score (nSPS) is 17.2. The molecule has 37 heavy (non-hydrogen) atoms. The average molecular weight is 517 g/mol. The van der Waals surface area contributed by atoms with Gasteiger partial charge >= 0.3 is 5.91 Å². The number of fused-ring (bicyclic) bond motifs is 1. The van der Waals surface area contributed by atoms with Gasteiger partial charge in [-0.05, 0) is 79.9 Å². The van der Waals surface area contributed by atoms with Crippen LogP contribution in [0.3, 0.4) is 0 Å². The van der Waals surface area contributed by atoms with Crippen LogP contribution in [0.15, 0.2) is 72.3 Å². The molecule has 0 unspecified atom stereocenters. The number of nitrogens with zero attached hydrogens (tertiary/aromatic N) is 2. The van der Waals surface area contributed by atoms with Crippen LogP contribution >= 0.6 is 11.3 Å². The molecule has 5 rings (SSSR count). The predicted octanol–water partition coefficient (Wildman–Crippen LogP) is 6.41. The highest BCUT2D eigenvalue weighted by Gasteiger charge is 2.48. The molecule has 4 aromatic rings. The molecule has 0 saturated carbocycles. The molecule has 0 radical (unpaired) electrons. The summed E-state index contributed by atoms with van der Waals surface area (Å²) < 4.78 is 20.2. The first-order valence-corrected chi connectivity index (χ1v) is 12.8. The third kappa shape index (κ3) is 4.60. The number of carbonyl (C=O) groups is 2. The lowest BCUT2D eigenvalue weighted by atomic mass is 9.95. The molecule has 1 saturated heterocycles. The molecule has 0 aliphatic carbocycles. The van der Waals surface area contributed by atoms with Crippen LogP contribution in [-0.4, -0.2) is 27.9 Å². The van der Waals surface area contributed by atoms with Crippen molar-refractivity contribution in [3.05, 3.63) is 94.8 Å². The molecule has 1 atom stereocenters. The number of ether oxygens (including phenoxy) is 1. The smallest absolute Gasteiger partial charge is 0.301 e. The number of aryl methyl sites for hydroxylation is 1. The van der Waals surface area contributed by atoms with E-state index in [0.717, 1.165) is 22.2 Å². The number of rotatable bonds is 6. The summed E-state index contributed by atoms with van der Waals surface area (Å²) in [5, 5.41) is 11.6. The highest BCUT2D eigenvalue weighted by atomic mass is 32.1. The van der Waals surface area contributed by atoms with Crippen LogP contribution in [0.2, 0.25) is 0 Å². The number of amides is 1. The number of halogens is 1. The van der Waals surface area contributed by atoms with Gasteiger partial charge in [0.05, 0.1) is 27.9 Å². The molecule has 1 fully saturated rings. The molecule has 0 bridgehead atoms. The molecule has 1 N–H and O–H groups in total. The molecular formula is C29H25FN2O4S. The van der Waals surface area contributed by atoms with E-state index in [1.54, 1.807) is 24.3 Å². The van der Waals surface area contributed by atoms with Crippen LogP contribution in [0.5, 0.6) is 5.75 Å². The highest BCUT2D eigenvalue weighted by molar-refractivity contribution is 7.22. The lowest BCUT2D eigenvalue weighted by Gasteiger charge is -2.23. The van der Waals surface area contributed by atoms with Gasteiger partial charge in [-0.2, -0.15) is 0 Å². The zero-order valence-electron chi connectivity index (χ0n) is 20.6. The van der Waals surface area contributed by atoms with E-state index in [0.29, 0.717) is 16.4 Å². The van der Waals surface area contributed by atoms with Crippen molar-refractivity contribution in [2.24, 2.45) is 0 Å². The summed E-state index contributed by atoms with van der Waals surface area (Å²) in [5.41, 5.74) is 2.62. The third-order valence-electron chi connectivity index (χ3n) is 6.19. The summed E-state index contributed by atoms with van der Waals surface area (Å²) in [6.07, 6.45) is 0.835. The minimum absolute atomic E-state index is 0.0225. The van der Waals surface area contributed by atoms with E-state index in [4.69, 9.17) is 4.74 Å². The third-order valence-corrected chi connectivity index (χ3v) is 7.20. The second kappa shape index (κ2) is 9.78. The van der Waals surface area contributed by atoms with E-state index in [1.807, 2.05) is 32.0 Å². The minimum atomic E-state index is -0.927. The number of hydrogen-bond donors (Lipinski definition) is 1. The van der Waals surface area contributed by atoms with Crippen molar-refractivity contribution < 1.29 is 23.8 Å². The van der Waals surface area contributed by atoms with E-state index in [2.05, 4.69) is 11.9 Å². The summed E-state index contributed by atoms with van der Waals surface area (Å²) in [6, 6.07) is 17.2. The Hall–Kier alpha value is -4.04. The fourth-order valence-corrected chi connectivity index (χ4v) is 5.45. The topological polar surface area (TPSA) is 79.7 Å². The highest BCUT2D eigenvalue weighted by Crippen LogP contribution is 2.44. The maximum atomic E-state index is 13.5. The van der Waals surface area contributed by atoms with Gasteiger partial charge in [0.15, 0.2) is 5.13 Å². The van der Waals surface area contributed by atoms with Gasteiger partial charge < -0.3 is 9.84 Å². The van der Waals surface area contributed by atoms with Gasteiger partial charge in [-0.25, -0.2) is 9.37 Å². The van der Waals surface area contributed by atoms with Crippen molar-refractivity contribution in [2.45, 2.75) is 39.3 Å². The average Bonchev–Trinajstić information content (AvgIpc) is 3.41. The standard InChI is InChI=1S/C29H25FN2O4S/c1-4-17-5-14-22-23(15-17)37-29(31-22)32-25(18-8-12-21(13-9-18)36-16(2)3)24(27(34)28(32)35)26(33)19-6-10-20(30)11-7-19/h5-16,25,33H,4H2,1-3H3/t25-/m0/s1. The molecule has 6 nitrogen and oxygen atoms in total. The fourth-order valence-electron chi connectivity index (χ4n) is 4.39. The fraction of sp³-hybridized carbons (Fsp3) is 0.207. The van der Waals surface area contributed by atoms with Crippen molar-refractivity contribution in [1.82, 2.24) is 4.98 Å². The molecule has 188 valence electrons. The Kier molecular flexibility index (Phi) is 6.52. The van der Waals surface area contributed by atoms with Crippen LogP contribution < -0.4 is 9.64 Å². The molecular weight excluding hydrogens is 491 g/mol. The van der Waals surface area contributed by atoms with Gasteiger partial charge in [0, 0.05) is 5.56 Å². The summed E-state index contributed by atoms with van der Waals surface area (Å²) in [5.74, 6) is -1.83. The Balaban J connectivity index is 1.68. The number of ketones is 1. The SMILES string of the molecule is CCc1ccc2nc(N3C(=O)C(=O)C(=C(O)c4ccc(F)cc4)[C@@H]3c3ccc(OC(C)C)cc3)sc2c1. The number of thiazole rings is 1. The number of aliphatic hydroxyl groups excluding tert-OH is 1. The van der Waals surface area contributed by atoms with Crippen LogP contribution in [0, 0.1) is 5.82 Å². The molecule has 3 aromatic carbocycles. The maximum absolute atomic E-state index is 13.5. The Labute approximate surface area is 217 Å². The van der Waals surface area contributed by atoms with Crippen LogP contribution in [0.4, 0.5) is 9.52 Å². The molecule has 1 aliphatic heterocycles. The van der Waals surface area contributed by atoms with E-state index in [-0.39, 0.29) is 23.0 Å². The van der Waals surface area contributed by atoms with Crippen molar-refractivity contribution in [2.75, 3.05) is 4.90 Å². The second-order valence-electron chi connectivity index (χ2n) is 9.06. The molecule has 2 heterocycles. The van der Waals surface area contributed by atoms with Crippen LogP contribution in [0.25, 0.3) is 16.0 Å². The first kappa shape index (κ1) is 24.6. The maximum Gasteiger partial charge on any atom is 0.301 e. The molecule has 1 aliphatic rings. The number of aliphatic hydroxyl groups is 1. The summed E-state index contributed by atoms with van der Waals surface area (Å²) in [6.45, 7) is 5.90. The number of hydrogen-bond acceptors (Lipinski definition) is 6. The first-order chi connectivity index (χ1) is 17.8. The van der Waals surface area contributed by atoms with Crippen molar-refractivity contribution in [1.29, 1.82) is 0 Å². The number of anilines is 1. The minimum Gasteiger partial charge on any atom is -0.507 e. The van der Waals surface area contributed by atoms with E-state index in [1.165, 1.54) is 40.5 Å². The largest absolute Gasteiger partial charge is 0.507 e. The van der Waals surface area contributed by atoms with Gasteiger partial charge in [0.1, 0.15) is 17.3 Å². The Morgan fingerprint density at radius 3 is 2.43 bits per heavy atom. The van der Waals surface area contributed by atoms with Crippen LogP contribution in [0.1, 0.15) is 43.5 Å². The van der Waals surface area contributed by atoms with Gasteiger partial charge in [-0.3, -0.25) is 14.5 Å². The van der Waals surface area contributed by atoms with Crippen LogP contribution in [-0.2, 0) is 16.0 Å². The molecule has 8 heteroatoms. The Morgan fingerprint density at radius 1 is 1.08 bits per heavy atom. The van der Waals surface area contributed by atoms with Gasteiger partial charge in [-0.1, -0.05) is 36.5 Å². The Bertz CT molecular complexity index is 1520. The lowest BCUT2D eigenvalue weighted by Crippen LogP contribution is -2.29. The monoisotopic (exact) mass is 516 g/mol. The predicted molar refractivity (Wildman–Crippen MR) is 142 cm³/mol. The summed E-state index contributed by atoms with van der Waals surface area (Å²) in [4.78, 5) is 32.8. The van der Waals surface area contributed by atoms with E-state index in [9.17, 15) is 19.1 Å². The molecule has 1 amide bonds. The molecule has 1 aromatic heterocycles. The number of aromatic nitrogens is 1. The first-order valence-electron chi connectivity index (χ1n) is 12.0. The summed E-state index contributed by atoms with van der Waals surface area (Å²) >= 11 is 1.31. The number of benzene rings is 3. The Morgan fingerprint density at radius 2 is 1.78 bits per heavy atom. The zero-order chi connectivity index (χ0) is 26.3. The van der Waals surface area contributed by atoms with Gasteiger partial charge in [-0.15, -0.1) is 0 Å².